The molecule has 88 valence electrons. The molecule has 1 unspecified atom stereocenters. The van der Waals surface area contributed by atoms with E-state index in [-0.39, 0.29) is 17.4 Å². The number of nitrogens with two attached hydrogens (primary N) is 1. The van der Waals surface area contributed by atoms with Crippen LogP contribution in [0.15, 0.2) is 12.1 Å². The molecule has 1 heterocycles. The molecular formula is C10H14ClN3OS. The Morgan fingerprint density at radius 3 is 3.00 bits per heavy atom. The van der Waals surface area contributed by atoms with Gasteiger partial charge in [-0.05, 0) is 18.4 Å². The van der Waals surface area contributed by atoms with Gasteiger partial charge in [0.05, 0.1) is 5.02 Å². The van der Waals surface area contributed by atoms with E-state index in [1.54, 1.807) is 23.9 Å². The number of nitrogens with one attached hydrogen (secondary N) is 1. The number of hydrogen-bond acceptors (Lipinski definition) is 4. The van der Waals surface area contributed by atoms with E-state index in [0.717, 1.165) is 0 Å². The second kappa shape index (κ2) is 5.96. The molecule has 0 fully saturated rings. The second-order valence-electron chi connectivity index (χ2n) is 3.32. The number of pyridine rings is 1. The summed E-state index contributed by atoms with van der Waals surface area (Å²) in [4.78, 5) is 15.6. The van der Waals surface area contributed by atoms with Crippen LogP contribution in [0.1, 0.15) is 17.4 Å². The molecule has 1 atom stereocenters. The average molecular weight is 260 g/mol. The average Bonchev–Trinajstić information content (AvgIpc) is 2.28. The molecule has 0 spiro atoms. The molecule has 0 aromatic carbocycles. The van der Waals surface area contributed by atoms with Crippen molar-refractivity contribution in [1.82, 2.24) is 10.3 Å². The van der Waals surface area contributed by atoms with Crippen LogP contribution < -0.4 is 11.1 Å². The summed E-state index contributed by atoms with van der Waals surface area (Å²) in [5, 5.41) is 3.41. The Morgan fingerprint density at radius 2 is 2.38 bits per heavy atom. The number of aromatic nitrogens is 1. The van der Waals surface area contributed by atoms with E-state index in [2.05, 4.69) is 10.3 Å². The number of nitrogen functional groups attached to an aromatic ring is 1. The lowest BCUT2D eigenvalue weighted by Gasteiger charge is -2.10. The van der Waals surface area contributed by atoms with Crippen molar-refractivity contribution >= 4 is 35.1 Å². The third kappa shape index (κ3) is 3.57. The van der Waals surface area contributed by atoms with E-state index >= 15 is 0 Å². The normalized spacial score (nSPS) is 12.2. The monoisotopic (exact) mass is 259 g/mol. The molecule has 3 N–H and O–H groups in total. The number of carbonyl (C=O) groups is 1. The molecule has 0 saturated heterocycles. The minimum Gasteiger partial charge on any atom is -0.384 e. The van der Waals surface area contributed by atoms with Crippen molar-refractivity contribution in [3.8, 4) is 0 Å². The van der Waals surface area contributed by atoms with Crippen LogP contribution >= 0.6 is 23.4 Å². The van der Waals surface area contributed by atoms with Crippen LogP contribution in [0.25, 0.3) is 0 Å². The maximum Gasteiger partial charge on any atom is 0.271 e. The van der Waals surface area contributed by atoms with Crippen LogP contribution in [0, 0.1) is 0 Å². The van der Waals surface area contributed by atoms with Crippen molar-refractivity contribution in [3.05, 3.63) is 22.8 Å². The topological polar surface area (TPSA) is 68.0 Å². The van der Waals surface area contributed by atoms with Crippen LogP contribution in [-0.4, -0.2) is 28.9 Å². The third-order valence-electron chi connectivity index (χ3n) is 2.04. The first-order valence-corrected chi connectivity index (χ1v) is 6.44. The molecule has 0 radical (unpaired) electrons. The number of anilines is 1. The number of amides is 1. The van der Waals surface area contributed by atoms with Gasteiger partial charge < -0.3 is 11.1 Å². The maximum atomic E-state index is 11.7. The summed E-state index contributed by atoms with van der Waals surface area (Å²) in [7, 11) is 0. The lowest BCUT2D eigenvalue weighted by molar-refractivity contribution is 0.0949. The molecule has 0 aliphatic rings. The van der Waals surface area contributed by atoms with Crippen molar-refractivity contribution in [1.29, 1.82) is 0 Å². The lowest BCUT2D eigenvalue weighted by Crippen LogP contribution is -2.30. The fourth-order valence-electron chi connectivity index (χ4n) is 1.02. The van der Waals surface area contributed by atoms with Gasteiger partial charge in [-0.1, -0.05) is 18.5 Å². The van der Waals surface area contributed by atoms with Crippen LogP contribution in [-0.2, 0) is 0 Å². The van der Waals surface area contributed by atoms with Gasteiger partial charge in [-0.2, -0.15) is 11.8 Å². The van der Waals surface area contributed by atoms with E-state index in [1.807, 2.05) is 13.2 Å². The number of halogens is 1. The zero-order valence-corrected chi connectivity index (χ0v) is 10.7. The molecule has 0 aliphatic heterocycles. The molecule has 16 heavy (non-hydrogen) atoms. The number of hydrogen-bond donors (Lipinski definition) is 2. The predicted molar refractivity (Wildman–Crippen MR) is 69.0 cm³/mol. The van der Waals surface area contributed by atoms with Crippen LogP contribution in [0.2, 0.25) is 5.02 Å². The Kier molecular flexibility index (Phi) is 4.89. The van der Waals surface area contributed by atoms with Gasteiger partial charge in [0.1, 0.15) is 11.5 Å². The minimum absolute atomic E-state index is 0.176. The molecule has 1 amide bonds. The smallest absolute Gasteiger partial charge is 0.271 e. The first-order valence-electron chi connectivity index (χ1n) is 4.77. The summed E-state index contributed by atoms with van der Waals surface area (Å²) in [5.41, 5.74) is 5.67. The van der Waals surface area contributed by atoms with Crippen LogP contribution in [0.5, 0.6) is 0 Å². The maximum absolute atomic E-state index is 11.7. The van der Waals surface area contributed by atoms with Gasteiger partial charge >= 0.3 is 0 Å². The Morgan fingerprint density at radius 1 is 1.69 bits per heavy atom. The Labute approximate surface area is 104 Å². The van der Waals surface area contributed by atoms with Crippen LogP contribution in [0.3, 0.4) is 0 Å². The first-order chi connectivity index (χ1) is 7.54. The highest BCUT2D eigenvalue weighted by Crippen LogP contribution is 2.15. The Bertz CT molecular complexity index is 386. The molecule has 6 heteroatoms. The van der Waals surface area contributed by atoms with E-state index in [1.165, 1.54) is 0 Å². The highest BCUT2D eigenvalue weighted by molar-refractivity contribution is 7.99. The summed E-state index contributed by atoms with van der Waals surface area (Å²) >= 11 is 7.53. The molecule has 0 saturated carbocycles. The molecule has 4 nitrogen and oxygen atoms in total. The van der Waals surface area contributed by atoms with Crippen molar-refractivity contribution in [3.63, 3.8) is 0 Å². The molecular weight excluding hydrogens is 246 g/mol. The van der Waals surface area contributed by atoms with Gasteiger partial charge in [0.15, 0.2) is 0 Å². The van der Waals surface area contributed by atoms with Gasteiger partial charge in [-0.15, -0.1) is 0 Å². The predicted octanol–water partition coefficient (Wildman–Crippen LogP) is 1.80. The molecule has 0 bridgehead atoms. The second-order valence-corrected chi connectivity index (χ2v) is 5.01. The number of nitrogens with zero attached hydrogens (tertiary/aromatic N) is 1. The summed E-state index contributed by atoms with van der Waals surface area (Å²) in [6.45, 7) is 2.60. The lowest BCUT2D eigenvalue weighted by atomic mass is 10.3. The van der Waals surface area contributed by atoms with Gasteiger partial charge in [-0.25, -0.2) is 4.98 Å². The molecule has 1 rings (SSSR count). The van der Waals surface area contributed by atoms with Crippen molar-refractivity contribution in [2.24, 2.45) is 0 Å². The fourth-order valence-corrected chi connectivity index (χ4v) is 1.46. The minimum atomic E-state index is -0.293. The largest absolute Gasteiger partial charge is 0.384 e. The van der Waals surface area contributed by atoms with Crippen molar-refractivity contribution in [2.45, 2.75) is 12.2 Å². The zero-order chi connectivity index (χ0) is 12.1. The fraction of sp³-hybridized carbons (Fsp3) is 0.400. The molecule has 1 aromatic rings. The number of rotatable bonds is 4. The van der Waals surface area contributed by atoms with E-state index in [4.69, 9.17) is 17.3 Å². The number of carbonyl (C=O) groups excluding carboxylic acids is 1. The van der Waals surface area contributed by atoms with Gasteiger partial charge in [-0.3, -0.25) is 4.79 Å². The van der Waals surface area contributed by atoms with Gasteiger partial charge in [0, 0.05) is 11.8 Å². The number of thioether (sulfide) groups is 1. The SMILES string of the molecule is CSC(C)CNC(=O)c1nc(N)ccc1Cl. The highest BCUT2D eigenvalue weighted by atomic mass is 35.5. The molecule has 0 aliphatic carbocycles. The quantitative estimate of drug-likeness (QED) is 0.865. The summed E-state index contributed by atoms with van der Waals surface area (Å²) in [6.07, 6.45) is 1.99. The van der Waals surface area contributed by atoms with E-state index in [9.17, 15) is 4.79 Å². The summed E-state index contributed by atoms with van der Waals surface area (Å²) in [5.74, 6) is -0.00864. The molecule has 1 aromatic heterocycles. The van der Waals surface area contributed by atoms with Crippen molar-refractivity contribution in [2.75, 3.05) is 18.5 Å². The van der Waals surface area contributed by atoms with Gasteiger partial charge in [0.2, 0.25) is 0 Å². The first kappa shape index (κ1) is 13.1. The van der Waals surface area contributed by atoms with Crippen LogP contribution in [0.4, 0.5) is 5.82 Å². The van der Waals surface area contributed by atoms with E-state index < -0.39 is 0 Å². The zero-order valence-electron chi connectivity index (χ0n) is 9.16. The summed E-state index contributed by atoms with van der Waals surface area (Å²) < 4.78 is 0. The Balaban J connectivity index is 2.69. The third-order valence-corrected chi connectivity index (χ3v) is 3.31. The Hall–Kier alpha value is -0.940. The van der Waals surface area contributed by atoms with Gasteiger partial charge in [0.25, 0.3) is 5.91 Å². The highest BCUT2D eigenvalue weighted by Gasteiger charge is 2.13. The summed E-state index contributed by atoms with van der Waals surface area (Å²) in [6, 6.07) is 3.13. The standard InChI is InChI=1S/C10H14ClN3OS/c1-6(16-2)5-13-10(15)9-7(11)3-4-8(12)14-9/h3-4,6H,5H2,1-2H3,(H2,12,14)(H,13,15). The van der Waals surface area contributed by atoms with E-state index in [0.29, 0.717) is 16.8 Å². The van der Waals surface area contributed by atoms with Crippen molar-refractivity contribution < 1.29 is 4.79 Å².